The molecule has 3 rings (SSSR count). The monoisotopic (exact) mass is 264 g/mol. The van der Waals surface area contributed by atoms with Crippen LogP contribution in [0.15, 0.2) is 0 Å². The van der Waals surface area contributed by atoms with Gasteiger partial charge < -0.3 is 10.2 Å². The van der Waals surface area contributed by atoms with Crippen LogP contribution in [0.5, 0.6) is 0 Å². The molecule has 2 aliphatic carbocycles. The van der Waals surface area contributed by atoms with Crippen LogP contribution in [0.1, 0.15) is 58.3 Å². The molecule has 2 saturated carbocycles. The summed E-state index contributed by atoms with van der Waals surface area (Å²) >= 11 is 0. The first-order chi connectivity index (χ1) is 9.03. The second kappa shape index (κ2) is 4.50. The van der Waals surface area contributed by atoms with Crippen molar-refractivity contribution in [2.75, 3.05) is 13.1 Å². The summed E-state index contributed by atoms with van der Waals surface area (Å²) in [6, 6.07) is 0. The van der Waals surface area contributed by atoms with E-state index in [-0.39, 0.29) is 23.8 Å². The largest absolute Gasteiger partial charge is 0.340 e. The fourth-order valence-corrected chi connectivity index (χ4v) is 3.93. The molecule has 106 valence electrons. The van der Waals surface area contributed by atoms with Gasteiger partial charge in [0, 0.05) is 6.54 Å². The fraction of sp³-hybridized carbons (Fsp3) is 0.867. The summed E-state index contributed by atoms with van der Waals surface area (Å²) in [5.41, 5.74) is -0.309. The van der Waals surface area contributed by atoms with E-state index in [1.165, 1.54) is 25.7 Å². The predicted molar refractivity (Wildman–Crippen MR) is 72.5 cm³/mol. The number of amides is 2. The molecule has 1 saturated heterocycles. The quantitative estimate of drug-likeness (QED) is 0.827. The SMILES string of the molecule is CC1(CN2CC(=O)NC3(CCCCC3)C2=O)CCC1. The fourth-order valence-electron chi connectivity index (χ4n) is 3.93. The molecule has 1 spiro atoms. The Morgan fingerprint density at radius 3 is 2.32 bits per heavy atom. The highest BCUT2D eigenvalue weighted by atomic mass is 16.2. The summed E-state index contributed by atoms with van der Waals surface area (Å²) in [6.45, 7) is 3.26. The van der Waals surface area contributed by atoms with Crippen LogP contribution in [0.2, 0.25) is 0 Å². The maximum Gasteiger partial charge on any atom is 0.248 e. The number of carbonyl (C=O) groups excluding carboxylic acids is 2. The third-order valence-corrected chi connectivity index (χ3v) is 5.25. The highest BCUT2D eigenvalue weighted by molar-refractivity contribution is 5.98. The molecule has 0 unspecified atom stereocenters. The lowest BCUT2D eigenvalue weighted by molar-refractivity contribution is -0.154. The zero-order chi connectivity index (χ0) is 13.5. The first-order valence-electron chi connectivity index (χ1n) is 7.64. The normalized spacial score (nSPS) is 29.0. The lowest BCUT2D eigenvalue weighted by atomic mass is 9.69. The zero-order valence-corrected chi connectivity index (χ0v) is 11.8. The van der Waals surface area contributed by atoms with Gasteiger partial charge >= 0.3 is 0 Å². The number of hydrogen-bond acceptors (Lipinski definition) is 2. The molecule has 0 aromatic heterocycles. The number of piperazine rings is 1. The molecule has 1 heterocycles. The Kier molecular flexibility index (Phi) is 3.06. The molecular weight excluding hydrogens is 240 g/mol. The van der Waals surface area contributed by atoms with Crippen molar-refractivity contribution < 1.29 is 9.59 Å². The van der Waals surface area contributed by atoms with Crippen LogP contribution < -0.4 is 5.32 Å². The topological polar surface area (TPSA) is 49.4 Å². The van der Waals surface area contributed by atoms with E-state index in [4.69, 9.17) is 0 Å². The first-order valence-corrected chi connectivity index (χ1v) is 7.64. The maximum absolute atomic E-state index is 12.8. The summed E-state index contributed by atoms with van der Waals surface area (Å²) in [5.74, 6) is 0.212. The second-order valence-corrected chi connectivity index (χ2v) is 7.02. The van der Waals surface area contributed by atoms with E-state index in [9.17, 15) is 9.59 Å². The van der Waals surface area contributed by atoms with Crippen molar-refractivity contribution in [3.63, 3.8) is 0 Å². The average molecular weight is 264 g/mol. The van der Waals surface area contributed by atoms with Crippen molar-refractivity contribution in [2.45, 2.75) is 63.8 Å². The number of carbonyl (C=O) groups is 2. The molecule has 0 radical (unpaired) electrons. The lowest BCUT2D eigenvalue weighted by Gasteiger charge is -2.48. The molecule has 1 aliphatic heterocycles. The van der Waals surface area contributed by atoms with E-state index in [1.807, 2.05) is 4.90 Å². The van der Waals surface area contributed by atoms with E-state index in [2.05, 4.69) is 12.2 Å². The summed E-state index contributed by atoms with van der Waals surface area (Å²) in [4.78, 5) is 26.6. The van der Waals surface area contributed by atoms with Crippen molar-refractivity contribution in [3.8, 4) is 0 Å². The Balaban J connectivity index is 1.76. The summed E-state index contributed by atoms with van der Waals surface area (Å²) in [5, 5.41) is 3.00. The molecule has 2 amide bonds. The Hall–Kier alpha value is -1.06. The molecule has 0 aromatic rings. The van der Waals surface area contributed by atoms with Crippen molar-refractivity contribution >= 4 is 11.8 Å². The van der Waals surface area contributed by atoms with Gasteiger partial charge in [-0.2, -0.15) is 0 Å². The van der Waals surface area contributed by atoms with Crippen molar-refractivity contribution in [2.24, 2.45) is 5.41 Å². The van der Waals surface area contributed by atoms with Crippen LogP contribution in [-0.4, -0.2) is 35.3 Å². The minimum atomic E-state index is -0.562. The molecule has 3 fully saturated rings. The summed E-state index contributed by atoms with van der Waals surface area (Å²) in [6.07, 6.45) is 8.57. The standard InChI is InChI=1S/C15H24N2O2/c1-14(6-5-7-14)11-17-10-12(18)16-15(13(17)19)8-3-2-4-9-15/h2-11H2,1H3,(H,16,18). The van der Waals surface area contributed by atoms with Gasteiger partial charge in [-0.05, 0) is 31.1 Å². The molecule has 4 nitrogen and oxygen atoms in total. The number of rotatable bonds is 2. The smallest absolute Gasteiger partial charge is 0.248 e. The van der Waals surface area contributed by atoms with Gasteiger partial charge in [0.05, 0.1) is 6.54 Å². The van der Waals surface area contributed by atoms with Gasteiger partial charge in [-0.3, -0.25) is 9.59 Å². The Morgan fingerprint density at radius 2 is 1.74 bits per heavy atom. The molecule has 0 atom stereocenters. The van der Waals surface area contributed by atoms with Gasteiger partial charge in [-0.1, -0.05) is 32.6 Å². The van der Waals surface area contributed by atoms with Crippen LogP contribution in [-0.2, 0) is 9.59 Å². The van der Waals surface area contributed by atoms with Crippen LogP contribution >= 0.6 is 0 Å². The van der Waals surface area contributed by atoms with Crippen LogP contribution in [0, 0.1) is 5.41 Å². The Morgan fingerprint density at radius 1 is 1.05 bits per heavy atom. The average Bonchev–Trinajstić information content (AvgIpc) is 2.35. The van der Waals surface area contributed by atoms with E-state index in [1.54, 1.807) is 0 Å². The van der Waals surface area contributed by atoms with Gasteiger partial charge in [-0.25, -0.2) is 0 Å². The van der Waals surface area contributed by atoms with Gasteiger partial charge in [0.1, 0.15) is 5.54 Å². The van der Waals surface area contributed by atoms with E-state index in [0.29, 0.717) is 0 Å². The van der Waals surface area contributed by atoms with Crippen LogP contribution in [0.25, 0.3) is 0 Å². The number of hydrogen-bond donors (Lipinski definition) is 1. The number of nitrogens with one attached hydrogen (secondary N) is 1. The third kappa shape index (κ3) is 2.26. The molecule has 3 aliphatic rings. The third-order valence-electron chi connectivity index (χ3n) is 5.25. The molecule has 1 N–H and O–H groups in total. The molecule has 19 heavy (non-hydrogen) atoms. The molecule has 4 heteroatoms. The highest BCUT2D eigenvalue weighted by Gasteiger charge is 2.48. The molecule has 0 aromatic carbocycles. The minimum Gasteiger partial charge on any atom is -0.340 e. The minimum absolute atomic E-state index is 0.0319. The predicted octanol–water partition coefficient (Wildman–Crippen LogP) is 1.84. The van der Waals surface area contributed by atoms with Crippen LogP contribution in [0.3, 0.4) is 0 Å². The van der Waals surface area contributed by atoms with Crippen molar-refractivity contribution in [3.05, 3.63) is 0 Å². The zero-order valence-electron chi connectivity index (χ0n) is 11.8. The van der Waals surface area contributed by atoms with Gasteiger partial charge in [-0.15, -0.1) is 0 Å². The highest BCUT2D eigenvalue weighted by Crippen LogP contribution is 2.42. The van der Waals surface area contributed by atoms with Crippen molar-refractivity contribution in [1.29, 1.82) is 0 Å². The van der Waals surface area contributed by atoms with E-state index >= 15 is 0 Å². The number of nitrogens with zero attached hydrogens (tertiary/aromatic N) is 1. The van der Waals surface area contributed by atoms with E-state index < -0.39 is 5.54 Å². The summed E-state index contributed by atoms with van der Waals surface area (Å²) in [7, 11) is 0. The van der Waals surface area contributed by atoms with Crippen molar-refractivity contribution in [1.82, 2.24) is 10.2 Å². The molecular formula is C15H24N2O2. The van der Waals surface area contributed by atoms with Gasteiger partial charge in [0.25, 0.3) is 0 Å². The Bertz CT molecular complexity index is 395. The molecule has 0 bridgehead atoms. The lowest BCUT2D eigenvalue weighted by Crippen LogP contribution is -2.68. The van der Waals surface area contributed by atoms with Gasteiger partial charge in [0.2, 0.25) is 11.8 Å². The van der Waals surface area contributed by atoms with Crippen LogP contribution in [0.4, 0.5) is 0 Å². The second-order valence-electron chi connectivity index (χ2n) is 7.02. The summed E-state index contributed by atoms with van der Waals surface area (Å²) < 4.78 is 0. The first kappa shape index (κ1) is 12.9. The maximum atomic E-state index is 12.8. The Labute approximate surface area is 114 Å². The van der Waals surface area contributed by atoms with E-state index in [0.717, 1.165) is 32.2 Å². The van der Waals surface area contributed by atoms with Gasteiger partial charge in [0.15, 0.2) is 0 Å².